The Labute approximate surface area is 129 Å². The van der Waals surface area contributed by atoms with Gasteiger partial charge < -0.3 is 18.9 Å². The molecule has 0 bridgehead atoms. The van der Waals surface area contributed by atoms with Gasteiger partial charge in [-0.3, -0.25) is 4.79 Å². The van der Waals surface area contributed by atoms with E-state index in [1.807, 2.05) is 6.07 Å². The molecule has 0 aliphatic rings. The molecule has 2 aromatic carbocycles. The quantitative estimate of drug-likeness (QED) is 0.767. The number of rotatable bonds is 6. The van der Waals surface area contributed by atoms with Crippen molar-refractivity contribution in [2.24, 2.45) is 0 Å². The number of hydrogen-bond donors (Lipinski definition) is 0. The lowest BCUT2D eigenvalue weighted by Gasteiger charge is -2.17. The molecule has 116 valence electrons. The molecule has 0 spiro atoms. The third-order valence-corrected chi connectivity index (χ3v) is 3.35. The molecule has 5 nitrogen and oxygen atoms in total. The summed E-state index contributed by atoms with van der Waals surface area (Å²) < 4.78 is 21.5. The van der Waals surface area contributed by atoms with Gasteiger partial charge in [0, 0.05) is 16.7 Å². The van der Waals surface area contributed by atoms with Crippen LogP contribution in [0.4, 0.5) is 0 Å². The molecule has 0 N–H and O–H groups in total. The average Bonchev–Trinajstić information content (AvgIpc) is 2.59. The molecule has 5 heteroatoms. The molecule has 2 rings (SSSR count). The summed E-state index contributed by atoms with van der Waals surface area (Å²) in [6.07, 6.45) is 0.788. The van der Waals surface area contributed by atoms with Gasteiger partial charge in [-0.15, -0.1) is 0 Å². The van der Waals surface area contributed by atoms with Gasteiger partial charge in [0.1, 0.15) is 12.0 Å². The summed E-state index contributed by atoms with van der Waals surface area (Å²) in [7, 11) is 6.23. The van der Waals surface area contributed by atoms with Gasteiger partial charge in [-0.25, -0.2) is 0 Å². The fraction of sp³-hybridized carbons (Fsp3) is 0.235. The van der Waals surface area contributed by atoms with E-state index in [4.69, 9.17) is 18.9 Å². The highest BCUT2D eigenvalue weighted by Crippen LogP contribution is 2.46. The van der Waals surface area contributed by atoms with Crippen molar-refractivity contribution in [3.05, 3.63) is 35.9 Å². The maximum atomic E-state index is 11.1. The van der Waals surface area contributed by atoms with Crippen LogP contribution in [0.25, 0.3) is 11.1 Å². The molecule has 0 saturated carbocycles. The molecule has 0 atom stereocenters. The van der Waals surface area contributed by atoms with Crippen LogP contribution in [0.1, 0.15) is 10.4 Å². The summed E-state index contributed by atoms with van der Waals surface area (Å²) in [5.74, 6) is 2.20. The Hall–Kier alpha value is -2.69. The smallest absolute Gasteiger partial charge is 0.203 e. The van der Waals surface area contributed by atoms with E-state index in [1.165, 1.54) is 0 Å². The Kier molecular flexibility index (Phi) is 4.88. The highest BCUT2D eigenvalue weighted by molar-refractivity contribution is 5.85. The second-order valence-electron chi connectivity index (χ2n) is 4.46. The maximum absolute atomic E-state index is 11.1. The van der Waals surface area contributed by atoms with Gasteiger partial charge in [-0.2, -0.15) is 0 Å². The number of aldehydes is 1. The number of carbonyl (C=O) groups excluding carboxylic acids is 1. The van der Waals surface area contributed by atoms with Crippen LogP contribution >= 0.6 is 0 Å². The standard InChI is InChI=1S/C17H18O5/c1-19-14-7-5-11(10-18)9-13(14)12-6-8-15(20-2)17(22-4)16(12)21-3/h5-10H,1-4H3. The Morgan fingerprint density at radius 3 is 1.91 bits per heavy atom. The van der Waals surface area contributed by atoms with E-state index >= 15 is 0 Å². The number of carbonyl (C=O) groups is 1. The minimum atomic E-state index is 0.487. The van der Waals surface area contributed by atoms with Crippen molar-refractivity contribution >= 4 is 6.29 Å². The minimum absolute atomic E-state index is 0.487. The van der Waals surface area contributed by atoms with E-state index in [2.05, 4.69) is 0 Å². The fourth-order valence-electron chi connectivity index (χ4n) is 2.32. The molecule has 0 heterocycles. The lowest BCUT2D eigenvalue weighted by atomic mass is 10.0. The molecule has 0 amide bonds. The Morgan fingerprint density at radius 1 is 0.727 bits per heavy atom. The molecule has 22 heavy (non-hydrogen) atoms. The zero-order valence-electron chi connectivity index (χ0n) is 13.0. The third kappa shape index (κ3) is 2.70. The number of hydrogen-bond acceptors (Lipinski definition) is 5. The van der Waals surface area contributed by atoms with Crippen molar-refractivity contribution in [1.82, 2.24) is 0 Å². The van der Waals surface area contributed by atoms with E-state index in [9.17, 15) is 4.79 Å². The maximum Gasteiger partial charge on any atom is 0.203 e. The summed E-state index contributed by atoms with van der Waals surface area (Å²) in [5, 5.41) is 0. The van der Waals surface area contributed by atoms with E-state index in [-0.39, 0.29) is 0 Å². The topological polar surface area (TPSA) is 54.0 Å². The van der Waals surface area contributed by atoms with Gasteiger partial charge in [0.15, 0.2) is 11.5 Å². The van der Waals surface area contributed by atoms with E-state index < -0.39 is 0 Å². The predicted octanol–water partition coefficient (Wildman–Crippen LogP) is 3.20. The first-order chi connectivity index (χ1) is 10.7. The first kappa shape index (κ1) is 15.7. The van der Waals surface area contributed by atoms with Gasteiger partial charge in [-0.1, -0.05) is 0 Å². The van der Waals surface area contributed by atoms with E-state index in [0.717, 1.165) is 17.4 Å². The molecule has 0 aromatic heterocycles. The minimum Gasteiger partial charge on any atom is -0.496 e. The molecule has 0 aliphatic heterocycles. The van der Waals surface area contributed by atoms with Gasteiger partial charge in [0.2, 0.25) is 5.75 Å². The summed E-state index contributed by atoms with van der Waals surface area (Å²) in [4.78, 5) is 11.1. The van der Waals surface area contributed by atoms with Crippen LogP contribution in [0.3, 0.4) is 0 Å². The van der Waals surface area contributed by atoms with Gasteiger partial charge in [0.05, 0.1) is 28.4 Å². The lowest BCUT2D eigenvalue weighted by Crippen LogP contribution is -1.98. The van der Waals surface area contributed by atoms with Gasteiger partial charge >= 0.3 is 0 Å². The average molecular weight is 302 g/mol. The zero-order chi connectivity index (χ0) is 16.1. The van der Waals surface area contributed by atoms with Crippen LogP contribution in [0, 0.1) is 0 Å². The normalized spacial score (nSPS) is 10.0. The van der Waals surface area contributed by atoms with Crippen LogP contribution in [0.2, 0.25) is 0 Å². The Bertz CT molecular complexity index is 679. The lowest BCUT2D eigenvalue weighted by molar-refractivity contribution is 0.112. The van der Waals surface area contributed by atoms with Crippen molar-refractivity contribution < 1.29 is 23.7 Å². The first-order valence-corrected chi connectivity index (χ1v) is 6.62. The van der Waals surface area contributed by atoms with Gasteiger partial charge in [0.25, 0.3) is 0 Å². The third-order valence-electron chi connectivity index (χ3n) is 3.35. The molecule has 0 unspecified atom stereocenters. The summed E-state index contributed by atoms with van der Waals surface area (Å²) in [5.41, 5.74) is 2.04. The van der Waals surface area contributed by atoms with Crippen LogP contribution in [0.15, 0.2) is 30.3 Å². The molecular weight excluding hydrogens is 284 g/mol. The Balaban J connectivity index is 2.74. The second kappa shape index (κ2) is 6.85. The van der Waals surface area contributed by atoms with Crippen molar-refractivity contribution in [3.8, 4) is 34.1 Å². The highest BCUT2D eigenvalue weighted by Gasteiger charge is 2.19. The monoisotopic (exact) mass is 302 g/mol. The van der Waals surface area contributed by atoms with E-state index in [1.54, 1.807) is 52.7 Å². The molecule has 0 aliphatic carbocycles. The first-order valence-electron chi connectivity index (χ1n) is 6.62. The number of benzene rings is 2. The highest BCUT2D eigenvalue weighted by atomic mass is 16.5. The number of methoxy groups -OCH3 is 4. The zero-order valence-corrected chi connectivity index (χ0v) is 13.0. The Morgan fingerprint density at radius 2 is 1.36 bits per heavy atom. The largest absolute Gasteiger partial charge is 0.496 e. The summed E-state index contributed by atoms with van der Waals surface area (Å²) in [6, 6.07) is 8.81. The van der Waals surface area contributed by atoms with Crippen LogP contribution in [-0.4, -0.2) is 34.7 Å². The predicted molar refractivity (Wildman–Crippen MR) is 83.5 cm³/mol. The SMILES string of the molecule is COc1ccc(C=O)cc1-c1ccc(OC)c(OC)c1OC. The van der Waals surface area contributed by atoms with Crippen molar-refractivity contribution in [2.45, 2.75) is 0 Å². The van der Waals surface area contributed by atoms with Crippen LogP contribution in [-0.2, 0) is 0 Å². The second-order valence-corrected chi connectivity index (χ2v) is 4.46. The molecule has 0 fully saturated rings. The van der Waals surface area contributed by atoms with Crippen molar-refractivity contribution in [3.63, 3.8) is 0 Å². The van der Waals surface area contributed by atoms with Crippen LogP contribution < -0.4 is 18.9 Å². The molecular formula is C17H18O5. The molecule has 2 aromatic rings. The molecule has 0 radical (unpaired) electrons. The summed E-state index contributed by atoms with van der Waals surface area (Å²) in [6.45, 7) is 0. The van der Waals surface area contributed by atoms with Crippen LogP contribution in [0.5, 0.6) is 23.0 Å². The van der Waals surface area contributed by atoms with Gasteiger partial charge in [-0.05, 0) is 30.3 Å². The number of ether oxygens (including phenoxy) is 4. The summed E-state index contributed by atoms with van der Waals surface area (Å²) >= 11 is 0. The van der Waals surface area contributed by atoms with Crippen molar-refractivity contribution in [1.29, 1.82) is 0 Å². The molecule has 0 saturated heterocycles. The fourth-order valence-corrected chi connectivity index (χ4v) is 2.32. The van der Waals surface area contributed by atoms with E-state index in [0.29, 0.717) is 28.6 Å². The van der Waals surface area contributed by atoms with Crippen molar-refractivity contribution in [2.75, 3.05) is 28.4 Å².